The van der Waals surface area contributed by atoms with Crippen LogP contribution in [0.5, 0.6) is 5.75 Å². The van der Waals surface area contributed by atoms with Crippen LogP contribution in [0.15, 0.2) is 29.3 Å². The number of nitrogens with zero attached hydrogens (tertiary/aromatic N) is 2. The van der Waals surface area contributed by atoms with E-state index in [4.69, 9.17) is 4.74 Å². The van der Waals surface area contributed by atoms with Gasteiger partial charge in [0.05, 0.1) is 12.3 Å². The third kappa shape index (κ3) is 9.60. The summed E-state index contributed by atoms with van der Waals surface area (Å²) >= 11 is 0. The molecule has 27 heavy (non-hydrogen) atoms. The molecule has 1 N–H and O–H groups in total. The van der Waals surface area contributed by atoms with Gasteiger partial charge in [0.1, 0.15) is 16.4 Å². The lowest BCUT2D eigenvalue weighted by Crippen LogP contribution is -2.41. The van der Waals surface area contributed by atoms with E-state index >= 15 is 0 Å². The van der Waals surface area contributed by atoms with Gasteiger partial charge in [0, 0.05) is 26.4 Å². The van der Waals surface area contributed by atoms with E-state index in [-0.39, 0.29) is 22.7 Å². The Morgan fingerprint density at radius 2 is 2.00 bits per heavy atom. The van der Waals surface area contributed by atoms with Crippen LogP contribution in [-0.4, -0.2) is 64.6 Å². The Kier molecular flexibility index (Phi) is 9.02. The molecule has 0 aliphatic carbocycles. The molecule has 0 fully saturated rings. The fourth-order valence-corrected chi connectivity index (χ4v) is 3.18. The molecular formula is C19H32FN3O3S. The number of halogens is 1. The molecule has 8 heteroatoms. The summed E-state index contributed by atoms with van der Waals surface area (Å²) in [6.07, 6.45) is 1.80. The molecule has 0 saturated heterocycles. The van der Waals surface area contributed by atoms with Crippen molar-refractivity contribution in [2.75, 3.05) is 45.3 Å². The number of nitrogens with one attached hydrogen (secondary N) is 1. The zero-order valence-corrected chi connectivity index (χ0v) is 17.8. The van der Waals surface area contributed by atoms with E-state index in [1.807, 2.05) is 32.7 Å². The van der Waals surface area contributed by atoms with Gasteiger partial charge in [-0.1, -0.05) is 26.0 Å². The Morgan fingerprint density at radius 1 is 1.33 bits per heavy atom. The molecule has 0 atom stereocenters. The molecule has 1 aromatic rings. The second-order valence-electron chi connectivity index (χ2n) is 7.41. The Balaban J connectivity index is 2.61. The van der Waals surface area contributed by atoms with E-state index in [1.54, 1.807) is 18.2 Å². The predicted octanol–water partition coefficient (Wildman–Crippen LogP) is 2.56. The van der Waals surface area contributed by atoms with Gasteiger partial charge >= 0.3 is 0 Å². The molecule has 0 bridgehead atoms. The van der Waals surface area contributed by atoms with Crippen LogP contribution in [0.1, 0.15) is 27.2 Å². The lowest BCUT2D eigenvalue weighted by Gasteiger charge is -2.26. The zero-order chi connectivity index (χ0) is 20.5. The number of aliphatic imine (C=N–C) groups is 1. The highest BCUT2D eigenvalue weighted by Crippen LogP contribution is 2.21. The molecule has 0 aliphatic rings. The second-order valence-corrected chi connectivity index (χ2v) is 9.67. The van der Waals surface area contributed by atoms with Crippen molar-refractivity contribution < 1.29 is 17.5 Å². The lowest BCUT2D eigenvalue weighted by atomic mass is 9.90. The van der Waals surface area contributed by atoms with Crippen molar-refractivity contribution >= 4 is 15.8 Å². The fourth-order valence-electron chi connectivity index (χ4n) is 2.26. The maximum Gasteiger partial charge on any atom is 0.193 e. The molecule has 154 valence electrons. The molecule has 6 nitrogen and oxygen atoms in total. The van der Waals surface area contributed by atoms with Crippen molar-refractivity contribution in [1.82, 2.24) is 10.2 Å². The van der Waals surface area contributed by atoms with Crippen LogP contribution in [-0.2, 0) is 9.84 Å². The number of ether oxygens (including phenoxy) is 1. The number of guanidine groups is 1. The van der Waals surface area contributed by atoms with Gasteiger partial charge in [0.2, 0.25) is 0 Å². The van der Waals surface area contributed by atoms with Gasteiger partial charge in [-0.15, -0.1) is 0 Å². The van der Waals surface area contributed by atoms with Gasteiger partial charge in [-0.2, -0.15) is 0 Å². The normalized spacial score (nSPS) is 12.7. The number of benzene rings is 1. The predicted molar refractivity (Wildman–Crippen MR) is 109 cm³/mol. The van der Waals surface area contributed by atoms with E-state index in [0.29, 0.717) is 38.6 Å². The third-order valence-corrected chi connectivity index (χ3v) is 4.97. The highest BCUT2D eigenvalue weighted by Gasteiger charge is 2.20. The Labute approximate surface area is 162 Å². The van der Waals surface area contributed by atoms with Crippen molar-refractivity contribution in [1.29, 1.82) is 0 Å². The van der Waals surface area contributed by atoms with Crippen molar-refractivity contribution in [3.8, 4) is 5.75 Å². The first-order chi connectivity index (χ1) is 12.5. The molecule has 0 saturated carbocycles. The minimum absolute atomic E-state index is 0.151. The zero-order valence-electron chi connectivity index (χ0n) is 17.0. The van der Waals surface area contributed by atoms with E-state index in [0.717, 1.165) is 0 Å². The average molecular weight is 402 g/mol. The monoisotopic (exact) mass is 401 g/mol. The summed E-state index contributed by atoms with van der Waals surface area (Å²) in [7, 11) is -1.10. The van der Waals surface area contributed by atoms with Crippen LogP contribution in [0.4, 0.5) is 4.39 Å². The highest BCUT2D eigenvalue weighted by atomic mass is 32.2. The first-order valence-electron chi connectivity index (χ1n) is 9.08. The maximum atomic E-state index is 13.6. The van der Waals surface area contributed by atoms with E-state index in [1.165, 1.54) is 12.3 Å². The number of likely N-dealkylation sites (N-methyl/N-ethyl adjacent to an activating group) is 1. The van der Waals surface area contributed by atoms with Crippen LogP contribution in [0.2, 0.25) is 0 Å². The van der Waals surface area contributed by atoms with Crippen molar-refractivity contribution in [2.24, 2.45) is 10.4 Å². The smallest absolute Gasteiger partial charge is 0.193 e. The van der Waals surface area contributed by atoms with Gasteiger partial charge in [-0.25, -0.2) is 12.8 Å². The number of rotatable bonds is 10. The minimum atomic E-state index is -2.99. The van der Waals surface area contributed by atoms with Crippen LogP contribution in [0, 0.1) is 11.2 Å². The minimum Gasteiger partial charge on any atom is -0.489 e. The van der Waals surface area contributed by atoms with Gasteiger partial charge in [0.15, 0.2) is 17.5 Å². The molecule has 0 aliphatic heterocycles. The van der Waals surface area contributed by atoms with E-state index < -0.39 is 9.84 Å². The first-order valence-corrected chi connectivity index (χ1v) is 11.1. The topological polar surface area (TPSA) is 71.0 Å². The maximum absolute atomic E-state index is 13.6. The first kappa shape index (κ1) is 23.2. The lowest BCUT2D eigenvalue weighted by molar-refractivity contribution is 0.269. The Morgan fingerprint density at radius 3 is 2.59 bits per heavy atom. The van der Waals surface area contributed by atoms with Gasteiger partial charge in [0.25, 0.3) is 0 Å². The summed E-state index contributed by atoms with van der Waals surface area (Å²) in [5.74, 6) is 0.712. The molecular weight excluding hydrogens is 369 g/mol. The third-order valence-electron chi connectivity index (χ3n) is 4.02. The Hall–Kier alpha value is -1.83. The quantitative estimate of drug-likeness (QED) is 0.482. The number of hydrogen-bond donors (Lipinski definition) is 1. The summed E-state index contributed by atoms with van der Waals surface area (Å²) in [6.45, 7) is 8.06. The fraction of sp³-hybridized carbons (Fsp3) is 0.632. The molecule has 1 rings (SSSR count). The van der Waals surface area contributed by atoms with Gasteiger partial charge in [-0.05, 0) is 30.9 Å². The standard InChI is InChI=1S/C19H32FN3O3S/c1-6-21-18(22-15-19(2,3)11-14-27(5,24)25)23(4)12-13-26-17-10-8-7-9-16(17)20/h7-10H,6,11-15H2,1-5H3,(H,21,22). The number of para-hydroxylation sites is 1. The summed E-state index contributed by atoms with van der Waals surface area (Å²) in [5.41, 5.74) is -0.228. The molecule has 0 aromatic heterocycles. The van der Waals surface area contributed by atoms with Crippen LogP contribution in [0.25, 0.3) is 0 Å². The van der Waals surface area contributed by atoms with Crippen LogP contribution in [0.3, 0.4) is 0 Å². The molecule has 0 amide bonds. The molecule has 0 heterocycles. The SMILES string of the molecule is CCNC(=NCC(C)(C)CCS(C)(=O)=O)N(C)CCOc1ccccc1F. The largest absolute Gasteiger partial charge is 0.489 e. The van der Waals surface area contributed by atoms with E-state index in [2.05, 4.69) is 10.3 Å². The van der Waals surface area contributed by atoms with Crippen LogP contribution < -0.4 is 10.1 Å². The second kappa shape index (κ2) is 10.5. The van der Waals surface area contributed by atoms with Crippen molar-refractivity contribution in [2.45, 2.75) is 27.2 Å². The summed E-state index contributed by atoms with van der Waals surface area (Å²) in [6, 6.07) is 6.31. The molecule has 0 spiro atoms. The number of sulfone groups is 1. The summed E-state index contributed by atoms with van der Waals surface area (Å²) in [5, 5.41) is 3.22. The highest BCUT2D eigenvalue weighted by molar-refractivity contribution is 7.90. The number of hydrogen-bond acceptors (Lipinski definition) is 4. The van der Waals surface area contributed by atoms with E-state index in [9.17, 15) is 12.8 Å². The molecule has 1 aromatic carbocycles. The van der Waals surface area contributed by atoms with Gasteiger partial charge < -0.3 is 15.0 Å². The molecule has 0 radical (unpaired) electrons. The van der Waals surface area contributed by atoms with Crippen molar-refractivity contribution in [3.05, 3.63) is 30.1 Å². The van der Waals surface area contributed by atoms with Crippen LogP contribution >= 0.6 is 0 Å². The summed E-state index contributed by atoms with van der Waals surface area (Å²) in [4.78, 5) is 6.55. The average Bonchev–Trinajstić information content (AvgIpc) is 2.58. The summed E-state index contributed by atoms with van der Waals surface area (Å²) < 4.78 is 41.9. The Bertz CT molecular complexity index is 721. The van der Waals surface area contributed by atoms with Crippen molar-refractivity contribution in [3.63, 3.8) is 0 Å². The molecule has 0 unspecified atom stereocenters. The van der Waals surface area contributed by atoms with Gasteiger partial charge in [-0.3, -0.25) is 4.99 Å².